The van der Waals surface area contributed by atoms with E-state index in [2.05, 4.69) is 4.72 Å². The van der Waals surface area contributed by atoms with Gasteiger partial charge in [0.2, 0.25) is 5.91 Å². The van der Waals surface area contributed by atoms with E-state index in [-0.39, 0.29) is 17.2 Å². The third-order valence-corrected chi connectivity index (χ3v) is 4.89. The van der Waals surface area contributed by atoms with Gasteiger partial charge in [0.05, 0.1) is 11.3 Å². The summed E-state index contributed by atoms with van der Waals surface area (Å²) in [5.41, 5.74) is 1.86. The zero-order valence-electron chi connectivity index (χ0n) is 11.7. The summed E-state index contributed by atoms with van der Waals surface area (Å²) in [6.07, 6.45) is 0.237. The standard InChI is InChI=1S/C15H13FN2O3S/c1-18-14-6-5-12(7-10(14)8-15(18)19)17-22(20,21)13-4-2-3-11(16)9-13/h2-7,9,17H,8H2,1H3. The molecule has 0 fully saturated rings. The van der Waals surface area contributed by atoms with Crippen molar-refractivity contribution < 1.29 is 17.6 Å². The highest BCUT2D eigenvalue weighted by Gasteiger charge is 2.24. The number of amides is 1. The number of nitrogens with zero attached hydrogens (tertiary/aromatic N) is 1. The van der Waals surface area contributed by atoms with Crippen LogP contribution in [0.5, 0.6) is 0 Å². The van der Waals surface area contributed by atoms with Crippen molar-refractivity contribution in [2.75, 3.05) is 16.7 Å². The van der Waals surface area contributed by atoms with E-state index in [4.69, 9.17) is 0 Å². The maximum absolute atomic E-state index is 13.2. The van der Waals surface area contributed by atoms with Crippen LogP contribution in [-0.2, 0) is 21.2 Å². The molecule has 0 atom stereocenters. The Labute approximate surface area is 127 Å². The number of benzene rings is 2. The Balaban J connectivity index is 1.91. The molecule has 5 nitrogen and oxygen atoms in total. The van der Waals surface area contributed by atoms with Crippen LogP contribution in [0.2, 0.25) is 0 Å². The second-order valence-electron chi connectivity index (χ2n) is 5.04. The van der Waals surface area contributed by atoms with Crippen LogP contribution < -0.4 is 9.62 Å². The molecule has 2 aromatic carbocycles. The minimum atomic E-state index is -3.87. The lowest BCUT2D eigenvalue weighted by Gasteiger charge is -2.12. The summed E-state index contributed by atoms with van der Waals surface area (Å²) in [5.74, 6) is -0.663. The zero-order chi connectivity index (χ0) is 15.9. The van der Waals surface area contributed by atoms with Gasteiger partial charge in [-0.1, -0.05) is 6.07 Å². The third kappa shape index (κ3) is 2.55. The summed E-state index contributed by atoms with van der Waals surface area (Å²) >= 11 is 0. The quantitative estimate of drug-likeness (QED) is 0.942. The molecule has 1 aliphatic heterocycles. The molecule has 0 bridgehead atoms. The van der Waals surface area contributed by atoms with Crippen LogP contribution in [0.15, 0.2) is 47.4 Å². The largest absolute Gasteiger partial charge is 0.315 e. The summed E-state index contributed by atoms with van der Waals surface area (Å²) in [7, 11) is -2.20. The Morgan fingerprint density at radius 3 is 2.68 bits per heavy atom. The number of rotatable bonds is 3. The number of anilines is 2. The number of nitrogens with one attached hydrogen (secondary N) is 1. The summed E-state index contributed by atoms with van der Waals surface area (Å²) in [5, 5.41) is 0. The normalized spacial score (nSPS) is 14.1. The van der Waals surface area contributed by atoms with Gasteiger partial charge in [-0.3, -0.25) is 9.52 Å². The van der Waals surface area contributed by atoms with E-state index < -0.39 is 15.8 Å². The first kappa shape index (κ1) is 14.5. The molecule has 2 aromatic rings. The average molecular weight is 320 g/mol. The van der Waals surface area contributed by atoms with Gasteiger partial charge in [0.1, 0.15) is 5.82 Å². The van der Waals surface area contributed by atoms with Crippen LogP contribution in [0.3, 0.4) is 0 Å². The Hall–Kier alpha value is -2.41. The fourth-order valence-electron chi connectivity index (χ4n) is 2.38. The molecule has 1 aliphatic rings. The fraction of sp³-hybridized carbons (Fsp3) is 0.133. The molecule has 0 saturated heterocycles. The highest BCUT2D eigenvalue weighted by molar-refractivity contribution is 7.92. The van der Waals surface area contributed by atoms with Crippen molar-refractivity contribution in [3.63, 3.8) is 0 Å². The van der Waals surface area contributed by atoms with Crippen molar-refractivity contribution in [2.45, 2.75) is 11.3 Å². The van der Waals surface area contributed by atoms with Gasteiger partial charge in [-0.2, -0.15) is 0 Å². The first-order chi connectivity index (χ1) is 10.4. The van der Waals surface area contributed by atoms with Crippen LogP contribution in [0.25, 0.3) is 0 Å². The van der Waals surface area contributed by atoms with Gasteiger partial charge in [0.15, 0.2) is 0 Å². The minimum Gasteiger partial charge on any atom is -0.315 e. The summed E-state index contributed by atoms with van der Waals surface area (Å²) < 4.78 is 40.0. The predicted molar refractivity (Wildman–Crippen MR) is 80.8 cm³/mol. The van der Waals surface area contributed by atoms with Gasteiger partial charge in [0.25, 0.3) is 10.0 Å². The summed E-state index contributed by atoms with van der Waals surface area (Å²) in [6.45, 7) is 0. The number of halogens is 1. The lowest BCUT2D eigenvalue weighted by Crippen LogP contribution is -2.20. The fourth-order valence-corrected chi connectivity index (χ4v) is 3.46. The third-order valence-electron chi connectivity index (χ3n) is 3.52. The second kappa shape index (κ2) is 5.10. The number of carbonyl (C=O) groups excluding carboxylic acids is 1. The maximum atomic E-state index is 13.2. The van der Waals surface area contributed by atoms with Crippen molar-refractivity contribution in [1.29, 1.82) is 0 Å². The highest BCUT2D eigenvalue weighted by Crippen LogP contribution is 2.30. The first-order valence-electron chi connectivity index (χ1n) is 6.55. The molecule has 1 N–H and O–H groups in total. The molecule has 0 unspecified atom stereocenters. The van der Waals surface area contributed by atoms with E-state index in [9.17, 15) is 17.6 Å². The Morgan fingerprint density at radius 2 is 1.95 bits per heavy atom. The number of carbonyl (C=O) groups is 1. The van der Waals surface area contributed by atoms with Crippen molar-refractivity contribution in [3.8, 4) is 0 Å². The van der Waals surface area contributed by atoms with Crippen molar-refractivity contribution in [1.82, 2.24) is 0 Å². The van der Waals surface area contributed by atoms with E-state index in [0.717, 1.165) is 17.3 Å². The molecule has 1 amide bonds. The number of hydrogen-bond donors (Lipinski definition) is 1. The summed E-state index contributed by atoms with van der Waals surface area (Å²) in [6, 6.07) is 9.65. The van der Waals surface area contributed by atoms with Crippen molar-refractivity contribution in [3.05, 3.63) is 53.8 Å². The van der Waals surface area contributed by atoms with Gasteiger partial charge in [0, 0.05) is 18.4 Å². The van der Waals surface area contributed by atoms with Crippen LogP contribution in [-0.4, -0.2) is 21.4 Å². The lowest BCUT2D eigenvalue weighted by atomic mass is 10.1. The zero-order valence-corrected chi connectivity index (χ0v) is 12.5. The molecule has 0 saturated carbocycles. The molecular weight excluding hydrogens is 307 g/mol. The first-order valence-corrected chi connectivity index (χ1v) is 8.03. The molecule has 114 valence electrons. The number of sulfonamides is 1. The smallest absolute Gasteiger partial charge is 0.261 e. The molecule has 0 aliphatic carbocycles. The Bertz CT molecular complexity index is 865. The van der Waals surface area contributed by atoms with Crippen LogP contribution in [0, 0.1) is 5.82 Å². The van der Waals surface area contributed by atoms with Crippen molar-refractivity contribution in [2.24, 2.45) is 0 Å². The van der Waals surface area contributed by atoms with Crippen LogP contribution >= 0.6 is 0 Å². The van der Waals surface area contributed by atoms with Gasteiger partial charge in [-0.25, -0.2) is 12.8 Å². The SMILES string of the molecule is CN1C(=O)Cc2cc(NS(=O)(=O)c3cccc(F)c3)ccc21. The lowest BCUT2D eigenvalue weighted by molar-refractivity contribution is -0.117. The van der Waals surface area contributed by atoms with E-state index in [1.807, 2.05) is 0 Å². The molecule has 0 radical (unpaired) electrons. The molecule has 22 heavy (non-hydrogen) atoms. The topological polar surface area (TPSA) is 66.5 Å². The molecule has 0 spiro atoms. The average Bonchev–Trinajstić information content (AvgIpc) is 2.73. The Kier molecular flexibility index (Phi) is 3.37. The minimum absolute atomic E-state index is 0.0415. The molecule has 7 heteroatoms. The van der Waals surface area contributed by atoms with Gasteiger partial charge >= 0.3 is 0 Å². The van der Waals surface area contributed by atoms with Gasteiger partial charge in [-0.15, -0.1) is 0 Å². The summed E-state index contributed by atoms with van der Waals surface area (Å²) in [4.78, 5) is 13.0. The number of hydrogen-bond acceptors (Lipinski definition) is 3. The van der Waals surface area contributed by atoms with Gasteiger partial charge in [-0.05, 0) is 42.0 Å². The molecule has 0 aromatic heterocycles. The van der Waals surface area contributed by atoms with E-state index >= 15 is 0 Å². The number of likely N-dealkylation sites (N-methyl/N-ethyl adjacent to an activating group) is 1. The predicted octanol–water partition coefficient (Wildman–Crippen LogP) is 2.15. The molecule has 3 rings (SSSR count). The Morgan fingerprint density at radius 1 is 1.18 bits per heavy atom. The van der Waals surface area contributed by atoms with E-state index in [1.54, 1.807) is 25.2 Å². The van der Waals surface area contributed by atoms with Crippen LogP contribution in [0.1, 0.15) is 5.56 Å². The van der Waals surface area contributed by atoms with Gasteiger partial charge < -0.3 is 4.90 Å². The van der Waals surface area contributed by atoms with Crippen molar-refractivity contribution >= 4 is 27.3 Å². The monoisotopic (exact) mass is 320 g/mol. The number of fused-ring (bicyclic) bond motifs is 1. The second-order valence-corrected chi connectivity index (χ2v) is 6.72. The van der Waals surface area contributed by atoms with E-state index in [0.29, 0.717) is 5.69 Å². The molecular formula is C15H13FN2O3S. The van der Waals surface area contributed by atoms with Crippen LogP contribution in [0.4, 0.5) is 15.8 Å². The maximum Gasteiger partial charge on any atom is 0.261 e. The molecule has 1 heterocycles. The highest BCUT2D eigenvalue weighted by atomic mass is 32.2. The van der Waals surface area contributed by atoms with E-state index in [1.165, 1.54) is 23.1 Å².